The van der Waals surface area contributed by atoms with Crippen LogP contribution in [-0.2, 0) is 4.79 Å². The van der Waals surface area contributed by atoms with Crippen molar-refractivity contribution < 1.29 is 4.79 Å². The predicted molar refractivity (Wildman–Crippen MR) is 112 cm³/mol. The van der Waals surface area contributed by atoms with E-state index in [1.807, 2.05) is 0 Å². The molecular weight excluding hydrogens is 306 g/mol. The van der Waals surface area contributed by atoms with E-state index in [4.69, 9.17) is 0 Å². The summed E-state index contributed by atoms with van der Waals surface area (Å²) in [5.41, 5.74) is 0.535. The van der Waals surface area contributed by atoms with Crippen LogP contribution in [0, 0.1) is 10.8 Å². The maximum absolute atomic E-state index is 13.0. The van der Waals surface area contributed by atoms with Crippen molar-refractivity contribution >= 4 is 5.91 Å². The van der Waals surface area contributed by atoms with Gasteiger partial charge in [-0.2, -0.15) is 0 Å². The van der Waals surface area contributed by atoms with Crippen LogP contribution in [0.4, 0.5) is 0 Å². The zero-order valence-electron chi connectivity index (χ0n) is 18.7. The molecule has 0 bridgehead atoms. The fraction of sp³-hybridized carbons (Fsp3) is 0.957. The smallest absolute Gasteiger partial charge is 0.222 e. The van der Waals surface area contributed by atoms with Crippen LogP contribution in [0.2, 0.25) is 0 Å². The maximum Gasteiger partial charge on any atom is 0.222 e. The number of nitrogens with zero attached hydrogens (tertiary/aromatic N) is 1. The van der Waals surface area contributed by atoms with Crippen molar-refractivity contribution in [1.29, 1.82) is 0 Å². The lowest BCUT2D eigenvalue weighted by Crippen LogP contribution is -2.51. The number of amides is 1. The molecule has 0 aromatic rings. The minimum Gasteiger partial charge on any atom is -0.339 e. The largest absolute Gasteiger partial charge is 0.339 e. The Morgan fingerprint density at radius 1 is 0.840 bits per heavy atom. The molecule has 1 atom stereocenters. The van der Waals surface area contributed by atoms with E-state index < -0.39 is 0 Å². The van der Waals surface area contributed by atoms with Gasteiger partial charge in [-0.3, -0.25) is 4.79 Å². The van der Waals surface area contributed by atoms with Crippen molar-refractivity contribution in [2.24, 2.45) is 10.8 Å². The number of unbranched alkanes of at least 4 members (excludes halogenated alkanes) is 2. The molecule has 0 aliphatic rings. The number of hydrogen-bond donors (Lipinski definition) is 0. The third-order valence-corrected chi connectivity index (χ3v) is 6.98. The molecule has 0 saturated heterocycles. The molecule has 0 saturated carbocycles. The van der Waals surface area contributed by atoms with Gasteiger partial charge >= 0.3 is 0 Å². The lowest BCUT2D eigenvalue weighted by Gasteiger charge is -2.47. The summed E-state index contributed by atoms with van der Waals surface area (Å²) in [6.45, 7) is 19.4. The second kappa shape index (κ2) is 12.0. The Kier molecular flexibility index (Phi) is 11.7. The summed E-state index contributed by atoms with van der Waals surface area (Å²) in [5, 5.41) is 0. The van der Waals surface area contributed by atoms with Crippen LogP contribution in [0.3, 0.4) is 0 Å². The van der Waals surface area contributed by atoms with Gasteiger partial charge in [0.25, 0.3) is 0 Å². The molecule has 0 N–H and O–H groups in total. The van der Waals surface area contributed by atoms with Gasteiger partial charge in [-0.15, -0.1) is 0 Å². The normalized spacial score (nSPS) is 13.8. The number of carbonyl (C=O) groups is 1. The zero-order valence-corrected chi connectivity index (χ0v) is 18.7. The quantitative estimate of drug-likeness (QED) is 0.302. The predicted octanol–water partition coefficient (Wildman–Crippen LogP) is 7.22. The molecule has 0 aromatic carbocycles. The van der Waals surface area contributed by atoms with Crippen molar-refractivity contribution in [2.45, 2.75) is 126 Å². The Bertz CT molecular complexity index is 355. The van der Waals surface area contributed by atoms with Gasteiger partial charge in [-0.25, -0.2) is 0 Å². The molecular formula is C23H47NO. The second-order valence-corrected chi connectivity index (χ2v) is 8.64. The fourth-order valence-corrected chi connectivity index (χ4v) is 3.80. The first kappa shape index (κ1) is 24.5. The summed E-state index contributed by atoms with van der Waals surface area (Å²) in [4.78, 5) is 15.3. The summed E-state index contributed by atoms with van der Waals surface area (Å²) < 4.78 is 0. The van der Waals surface area contributed by atoms with Crippen LogP contribution in [0.15, 0.2) is 0 Å². The molecule has 0 fully saturated rings. The summed E-state index contributed by atoms with van der Waals surface area (Å²) in [6.07, 6.45) is 11.0. The van der Waals surface area contributed by atoms with Crippen LogP contribution < -0.4 is 0 Å². The van der Waals surface area contributed by atoms with Crippen LogP contribution in [0.1, 0.15) is 120 Å². The van der Waals surface area contributed by atoms with Crippen LogP contribution >= 0.6 is 0 Å². The van der Waals surface area contributed by atoms with Crippen molar-refractivity contribution in [3.8, 4) is 0 Å². The molecule has 2 heteroatoms. The number of carbonyl (C=O) groups excluding carboxylic acids is 1. The fourth-order valence-electron chi connectivity index (χ4n) is 3.80. The van der Waals surface area contributed by atoms with Gasteiger partial charge in [-0.1, -0.05) is 81.1 Å². The van der Waals surface area contributed by atoms with E-state index in [-0.39, 0.29) is 5.41 Å². The van der Waals surface area contributed by atoms with Crippen molar-refractivity contribution in [2.75, 3.05) is 6.54 Å². The maximum atomic E-state index is 13.0. The van der Waals surface area contributed by atoms with Gasteiger partial charge in [-0.05, 0) is 42.9 Å². The lowest BCUT2D eigenvalue weighted by atomic mass is 9.68. The zero-order chi connectivity index (χ0) is 19.5. The van der Waals surface area contributed by atoms with Gasteiger partial charge in [0.1, 0.15) is 0 Å². The van der Waals surface area contributed by atoms with Gasteiger partial charge in [0.2, 0.25) is 5.91 Å². The molecule has 0 aromatic heterocycles. The van der Waals surface area contributed by atoms with E-state index in [0.29, 0.717) is 23.8 Å². The van der Waals surface area contributed by atoms with E-state index in [9.17, 15) is 4.79 Å². The molecule has 0 radical (unpaired) electrons. The number of rotatable bonds is 14. The molecule has 1 unspecified atom stereocenters. The summed E-state index contributed by atoms with van der Waals surface area (Å²) >= 11 is 0. The van der Waals surface area contributed by atoms with Gasteiger partial charge < -0.3 is 4.90 Å². The van der Waals surface area contributed by atoms with Crippen molar-refractivity contribution in [3.05, 3.63) is 0 Å². The van der Waals surface area contributed by atoms with Crippen molar-refractivity contribution in [1.82, 2.24) is 4.90 Å². The van der Waals surface area contributed by atoms with Gasteiger partial charge in [0.15, 0.2) is 0 Å². The molecule has 0 rings (SSSR count). The first-order chi connectivity index (χ1) is 11.8. The Morgan fingerprint density at radius 2 is 1.40 bits per heavy atom. The van der Waals surface area contributed by atoms with Crippen LogP contribution in [-0.4, -0.2) is 23.4 Å². The Labute approximate surface area is 159 Å². The molecule has 0 aliphatic carbocycles. The van der Waals surface area contributed by atoms with Crippen molar-refractivity contribution in [3.63, 3.8) is 0 Å². The molecule has 0 spiro atoms. The third kappa shape index (κ3) is 7.31. The average molecular weight is 354 g/mol. The van der Waals surface area contributed by atoms with E-state index in [0.717, 1.165) is 38.6 Å². The standard InChI is InChI=1S/C23H47NO/c1-9-15-16-18-24(21(25)17-10-2)20(23(8,13-5)14-6)19-22(7,11-3)12-4/h20H,9-19H2,1-8H3. The van der Waals surface area contributed by atoms with E-state index in [1.165, 1.54) is 25.7 Å². The summed E-state index contributed by atoms with van der Waals surface area (Å²) in [7, 11) is 0. The third-order valence-electron chi connectivity index (χ3n) is 6.98. The molecule has 1 amide bonds. The first-order valence-corrected chi connectivity index (χ1v) is 11.1. The average Bonchev–Trinajstić information content (AvgIpc) is 2.63. The van der Waals surface area contributed by atoms with E-state index in [1.54, 1.807) is 0 Å². The minimum atomic E-state index is 0.210. The Balaban J connectivity index is 5.75. The Hall–Kier alpha value is -0.530. The highest BCUT2D eigenvalue weighted by molar-refractivity contribution is 5.76. The molecule has 25 heavy (non-hydrogen) atoms. The first-order valence-electron chi connectivity index (χ1n) is 11.1. The summed E-state index contributed by atoms with van der Waals surface area (Å²) in [5.74, 6) is 0.381. The lowest BCUT2D eigenvalue weighted by molar-refractivity contribution is -0.138. The van der Waals surface area contributed by atoms with Gasteiger partial charge in [0, 0.05) is 19.0 Å². The minimum absolute atomic E-state index is 0.210. The highest BCUT2D eigenvalue weighted by atomic mass is 16.2. The SMILES string of the molecule is CCCCCN(C(=O)CCC)C(CC(C)(CC)CC)C(C)(CC)CC. The van der Waals surface area contributed by atoms with Crippen LogP contribution in [0.25, 0.3) is 0 Å². The highest BCUT2D eigenvalue weighted by Crippen LogP contribution is 2.42. The van der Waals surface area contributed by atoms with Gasteiger partial charge in [0.05, 0.1) is 0 Å². The summed E-state index contributed by atoms with van der Waals surface area (Å²) in [6, 6.07) is 0.364. The Morgan fingerprint density at radius 3 is 1.80 bits per heavy atom. The monoisotopic (exact) mass is 353 g/mol. The van der Waals surface area contributed by atoms with E-state index in [2.05, 4.69) is 60.3 Å². The molecule has 150 valence electrons. The van der Waals surface area contributed by atoms with Crippen LogP contribution in [0.5, 0.6) is 0 Å². The highest BCUT2D eigenvalue weighted by Gasteiger charge is 2.40. The molecule has 0 aliphatic heterocycles. The number of hydrogen-bond acceptors (Lipinski definition) is 1. The van der Waals surface area contributed by atoms with E-state index >= 15 is 0 Å². The molecule has 2 nitrogen and oxygen atoms in total. The molecule has 0 heterocycles. The second-order valence-electron chi connectivity index (χ2n) is 8.64. The topological polar surface area (TPSA) is 20.3 Å².